The molecule has 136 valence electrons. The molecule has 1 rings (SSSR count). The molecule has 0 saturated heterocycles. The van der Waals surface area contributed by atoms with E-state index in [1.165, 1.54) is 7.11 Å². The van der Waals surface area contributed by atoms with E-state index in [-0.39, 0.29) is 32.8 Å². The zero-order valence-electron chi connectivity index (χ0n) is 14.3. The van der Waals surface area contributed by atoms with Gasteiger partial charge in [0.15, 0.2) is 4.90 Å². The fraction of sp³-hybridized carbons (Fsp3) is 0.923. The Morgan fingerprint density at radius 2 is 1.26 bits per heavy atom. The average Bonchev–Trinajstić information content (AvgIpc) is 3.25. The van der Waals surface area contributed by atoms with Gasteiger partial charge in [-0.1, -0.05) is 0 Å². The first kappa shape index (κ1) is 20.8. The van der Waals surface area contributed by atoms with Crippen molar-refractivity contribution < 1.29 is 36.8 Å². The molecule has 8 nitrogen and oxygen atoms in total. The third-order valence-electron chi connectivity index (χ3n) is 3.53. The van der Waals surface area contributed by atoms with Crippen molar-refractivity contribution in [3.05, 3.63) is 0 Å². The smallest absolute Gasteiger partial charge is 0.349 e. The Bertz CT molecular complexity index is 456. The van der Waals surface area contributed by atoms with Crippen LogP contribution in [-0.4, -0.2) is 44.4 Å². The molecule has 0 amide bonds. The highest BCUT2D eigenvalue weighted by Crippen LogP contribution is 2.89. The summed E-state index contributed by atoms with van der Waals surface area (Å²) < 4.78 is 52.8. The van der Waals surface area contributed by atoms with Gasteiger partial charge in [0.1, 0.15) is 0 Å². The Kier molecular flexibility index (Phi) is 7.45. The Morgan fingerprint density at radius 3 is 1.52 bits per heavy atom. The van der Waals surface area contributed by atoms with Gasteiger partial charge >= 0.3 is 21.2 Å². The fourth-order valence-corrected chi connectivity index (χ4v) is 8.70. The summed E-state index contributed by atoms with van der Waals surface area (Å²) in [5.41, 5.74) is 0. The maximum Gasteiger partial charge on any atom is 0.349 e. The molecule has 0 aromatic heterocycles. The van der Waals surface area contributed by atoms with Gasteiger partial charge in [-0.2, -0.15) is 0 Å². The quantitative estimate of drug-likeness (QED) is 0.402. The molecule has 0 aromatic carbocycles. The van der Waals surface area contributed by atoms with E-state index in [4.69, 9.17) is 22.8 Å². The van der Waals surface area contributed by atoms with Crippen molar-refractivity contribution in [1.82, 2.24) is 0 Å². The summed E-state index contributed by atoms with van der Waals surface area (Å²) in [6, 6.07) is 0. The number of hydrogen-bond donors (Lipinski definition) is 0. The van der Waals surface area contributed by atoms with Crippen molar-refractivity contribution in [1.29, 1.82) is 0 Å². The molecule has 1 saturated carbocycles. The molecule has 0 spiro atoms. The summed E-state index contributed by atoms with van der Waals surface area (Å²) in [6.07, 6.45) is 0.00816. The fourth-order valence-electron chi connectivity index (χ4n) is 2.61. The summed E-state index contributed by atoms with van der Waals surface area (Å²) in [5, 5.41) is 0. The van der Waals surface area contributed by atoms with Crippen LogP contribution in [0.2, 0.25) is 0 Å². The van der Waals surface area contributed by atoms with Crippen molar-refractivity contribution in [2.24, 2.45) is 5.92 Å². The van der Waals surface area contributed by atoms with Crippen LogP contribution in [0.5, 0.6) is 0 Å². The van der Waals surface area contributed by atoms with E-state index in [0.717, 1.165) is 0 Å². The molecule has 1 aliphatic rings. The van der Waals surface area contributed by atoms with E-state index in [1.807, 2.05) is 0 Å². The zero-order valence-corrected chi connectivity index (χ0v) is 16.1. The number of methoxy groups -OCH3 is 1. The van der Waals surface area contributed by atoms with Crippen LogP contribution < -0.4 is 0 Å². The van der Waals surface area contributed by atoms with Gasteiger partial charge in [-0.15, -0.1) is 0 Å². The minimum absolute atomic E-state index is 0.00816. The number of hydrogen-bond acceptors (Lipinski definition) is 8. The van der Waals surface area contributed by atoms with Crippen LogP contribution in [0.4, 0.5) is 0 Å². The first-order valence-corrected chi connectivity index (χ1v) is 10.8. The van der Waals surface area contributed by atoms with Gasteiger partial charge in [-0.3, -0.25) is 13.9 Å². The Labute approximate surface area is 137 Å². The van der Waals surface area contributed by atoms with Crippen molar-refractivity contribution in [2.45, 2.75) is 39.0 Å². The lowest BCUT2D eigenvalue weighted by atomic mass is 10.4. The number of carbonyl (C=O) groups excluding carboxylic acids is 1. The van der Waals surface area contributed by atoms with E-state index in [1.54, 1.807) is 27.7 Å². The summed E-state index contributed by atoms with van der Waals surface area (Å²) in [5.74, 6) is -1.55. The van der Waals surface area contributed by atoms with Crippen LogP contribution in [0.1, 0.15) is 34.1 Å². The number of carbonyl (C=O) groups is 1. The number of ether oxygens (including phenoxy) is 1. The zero-order chi connectivity index (χ0) is 17.7. The van der Waals surface area contributed by atoms with Gasteiger partial charge < -0.3 is 22.8 Å². The lowest BCUT2D eigenvalue weighted by molar-refractivity contribution is -0.142. The maximum absolute atomic E-state index is 13.3. The predicted molar refractivity (Wildman–Crippen MR) is 84.6 cm³/mol. The van der Waals surface area contributed by atoms with E-state index < -0.39 is 32.0 Å². The Balaban J connectivity index is 3.42. The second-order valence-corrected chi connectivity index (χ2v) is 9.80. The van der Waals surface area contributed by atoms with Gasteiger partial charge in [0.25, 0.3) is 0 Å². The van der Waals surface area contributed by atoms with Gasteiger partial charge in [0.2, 0.25) is 0 Å². The molecular formula is C13H26O8P2. The highest BCUT2D eigenvalue weighted by molar-refractivity contribution is 7.75. The molecule has 1 fully saturated rings. The maximum atomic E-state index is 13.3. The van der Waals surface area contributed by atoms with Crippen LogP contribution in [0, 0.1) is 5.92 Å². The molecule has 0 N–H and O–H groups in total. The van der Waals surface area contributed by atoms with E-state index in [2.05, 4.69) is 0 Å². The standard InChI is InChI=1S/C13H26O8P2/c1-6-18-22(15,19-7-2)13(10-11(13)12(14)17-5)23(16,20-8-3)21-9-4/h11H,6-10H2,1-5H3. The Morgan fingerprint density at radius 1 is 0.913 bits per heavy atom. The van der Waals surface area contributed by atoms with Gasteiger partial charge in [-0.05, 0) is 34.1 Å². The lowest BCUT2D eigenvalue weighted by Crippen LogP contribution is -2.24. The molecular weight excluding hydrogens is 346 g/mol. The van der Waals surface area contributed by atoms with Gasteiger partial charge in [0.05, 0.1) is 39.5 Å². The van der Waals surface area contributed by atoms with E-state index in [0.29, 0.717) is 0 Å². The average molecular weight is 372 g/mol. The molecule has 0 bridgehead atoms. The highest BCUT2D eigenvalue weighted by Gasteiger charge is 2.82. The Hall–Kier alpha value is -0.230. The predicted octanol–water partition coefficient (Wildman–Crippen LogP) is 3.41. The SMILES string of the molecule is CCOP(=O)(OCC)C1(P(=O)(OCC)OCC)CC1C(=O)OC. The molecule has 0 heterocycles. The van der Waals surface area contributed by atoms with Gasteiger partial charge in [-0.25, -0.2) is 0 Å². The number of rotatable bonds is 11. The third-order valence-corrected chi connectivity index (χ3v) is 10.3. The monoisotopic (exact) mass is 372 g/mol. The van der Waals surface area contributed by atoms with Crippen molar-refractivity contribution in [2.75, 3.05) is 33.5 Å². The van der Waals surface area contributed by atoms with E-state index >= 15 is 0 Å². The van der Waals surface area contributed by atoms with Crippen LogP contribution >= 0.6 is 15.2 Å². The summed E-state index contributed by atoms with van der Waals surface area (Å²) in [6.45, 7) is 6.86. The molecule has 0 aromatic rings. The van der Waals surface area contributed by atoms with Crippen molar-refractivity contribution >= 4 is 21.2 Å². The summed E-state index contributed by atoms with van der Waals surface area (Å²) >= 11 is 0. The van der Waals surface area contributed by atoms with Crippen molar-refractivity contribution in [3.8, 4) is 0 Å². The van der Waals surface area contributed by atoms with E-state index in [9.17, 15) is 13.9 Å². The highest BCUT2D eigenvalue weighted by atomic mass is 31.2. The van der Waals surface area contributed by atoms with Crippen molar-refractivity contribution in [3.63, 3.8) is 0 Å². The normalized spacial score (nSPS) is 20.3. The van der Waals surface area contributed by atoms with Crippen LogP contribution in [0.15, 0.2) is 0 Å². The first-order valence-electron chi connectivity index (χ1n) is 7.68. The molecule has 10 heteroatoms. The first-order chi connectivity index (χ1) is 10.8. The minimum Gasteiger partial charge on any atom is -0.469 e. The third kappa shape index (κ3) is 3.58. The molecule has 23 heavy (non-hydrogen) atoms. The summed E-state index contributed by atoms with van der Waals surface area (Å²) in [7, 11) is -6.65. The van der Waals surface area contributed by atoms with Crippen LogP contribution in [0.3, 0.4) is 0 Å². The molecule has 1 unspecified atom stereocenters. The second-order valence-electron chi connectivity index (χ2n) is 4.82. The lowest BCUT2D eigenvalue weighted by Gasteiger charge is -2.32. The summed E-state index contributed by atoms with van der Waals surface area (Å²) in [4.78, 5) is 10.4. The molecule has 0 aliphatic heterocycles. The van der Waals surface area contributed by atoms with Crippen LogP contribution in [0.25, 0.3) is 0 Å². The molecule has 0 radical (unpaired) electrons. The topological polar surface area (TPSA) is 97.4 Å². The molecule has 1 aliphatic carbocycles. The van der Waals surface area contributed by atoms with Crippen LogP contribution in [-0.2, 0) is 36.8 Å². The van der Waals surface area contributed by atoms with Gasteiger partial charge in [0, 0.05) is 0 Å². The number of esters is 1. The minimum atomic E-state index is -3.93. The molecule has 1 atom stereocenters. The largest absolute Gasteiger partial charge is 0.469 e. The second kappa shape index (κ2) is 8.24.